The van der Waals surface area contributed by atoms with Crippen LogP contribution in [0, 0.1) is 23.0 Å². The van der Waals surface area contributed by atoms with Gasteiger partial charge in [-0.3, -0.25) is 4.79 Å². The monoisotopic (exact) mass is 248 g/mol. The number of hydrogen-bond donors (Lipinski definition) is 1. The SMILES string of the molecule is C=CCNC(=O)/C(C#N)=C/c1cc(F)ccc1F. The second-order valence-electron chi connectivity index (χ2n) is 3.33. The van der Waals surface area contributed by atoms with E-state index in [0.29, 0.717) is 0 Å². The van der Waals surface area contributed by atoms with Gasteiger partial charge in [0.25, 0.3) is 5.91 Å². The Balaban J connectivity index is 3.04. The van der Waals surface area contributed by atoms with E-state index in [0.717, 1.165) is 24.3 Å². The van der Waals surface area contributed by atoms with Gasteiger partial charge in [0.15, 0.2) is 0 Å². The maximum absolute atomic E-state index is 13.3. The third-order valence-electron chi connectivity index (χ3n) is 2.03. The van der Waals surface area contributed by atoms with Crippen LogP contribution in [0.2, 0.25) is 0 Å². The van der Waals surface area contributed by atoms with Gasteiger partial charge in [0.1, 0.15) is 23.3 Å². The van der Waals surface area contributed by atoms with Crippen LogP contribution in [0.4, 0.5) is 8.78 Å². The molecule has 3 nitrogen and oxygen atoms in total. The smallest absolute Gasteiger partial charge is 0.262 e. The molecule has 1 aromatic rings. The molecule has 0 saturated heterocycles. The highest BCUT2D eigenvalue weighted by Crippen LogP contribution is 2.13. The molecule has 0 aliphatic heterocycles. The lowest BCUT2D eigenvalue weighted by molar-refractivity contribution is -0.116. The Morgan fingerprint density at radius 1 is 1.50 bits per heavy atom. The van der Waals surface area contributed by atoms with E-state index in [1.54, 1.807) is 6.07 Å². The van der Waals surface area contributed by atoms with Crippen LogP contribution < -0.4 is 5.32 Å². The molecule has 1 amide bonds. The molecule has 1 N–H and O–H groups in total. The average molecular weight is 248 g/mol. The van der Waals surface area contributed by atoms with Gasteiger partial charge in [0, 0.05) is 12.1 Å². The summed E-state index contributed by atoms with van der Waals surface area (Å²) in [5.41, 5.74) is -0.457. The Morgan fingerprint density at radius 3 is 2.83 bits per heavy atom. The van der Waals surface area contributed by atoms with Crippen LogP contribution in [-0.2, 0) is 4.79 Å². The molecule has 0 fully saturated rings. The quantitative estimate of drug-likeness (QED) is 0.504. The first-order valence-electron chi connectivity index (χ1n) is 5.04. The van der Waals surface area contributed by atoms with E-state index in [9.17, 15) is 13.6 Å². The highest BCUT2D eigenvalue weighted by molar-refractivity contribution is 6.01. The summed E-state index contributed by atoms with van der Waals surface area (Å²) in [4.78, 5) is 11.5. The van der Waals surface area contributed by atoms with Gasteiger partial charge < -0.3 is 5.32 Å². The molecule has 1 rings (SSSR count). The van der Waals surface area contributed by atoms with Gasteiger partial charge >= 0.3 is 0 Å². The molecule has 0 heterocycles. The first-order valence-corrected chi connectivity index (χ1v) is 5.04. The number of rotatable bonds is 4. The summed E-state index contributed by atoms with van der Waals surface area (Å²) in [6, 6.07) is 4.42. The molecule has 0 atom stereocenters. The molecular weight excluding hydrogens is 238 g/mol. The predicted molar refractivity (Wildman–Crippen MR) is 63.2 cm³/mol. The minimum Gasteiger partial charge on any atom is -0.348 e. The lowest BCUT2D eigenvalue weighted by atomic mass is 10.1. The van der Waals surface area contributed by atoms with Crippen LogP contribution in [0.5, 0.6) is 0 Å². The zero-order valence-electron chi connectivity index (χ0n) is 9.41. The number of nitrogens with one attached hydrogen (secondary N) is 1. The van der Waals surface area contributed by atoms with E-state index in [-0.39, 0.29) is 17.7 Å². The summed E-state index contributed by atoms with van der Waals surface area (Å²) >= 11 is 0. The zero-order valence-corrected chi connectivity index (χ0v) is 9.41. The van der Waals surface area contributed by atoms with Gasteiger partial charge in [-0.05, 0) is 24.3 Å². The van der Waals surface area contributed by atoms with Crippen LogP contribution in [0.15, 0.2) is 36.4 Å². The number of halogens is 2. The van der Waals surface area contributed by atoms with Crippen molar-refractivity contribution < 1.29 is 13.6 Å². The van der Waals surface area contributed by atoms with E-state index in [1.165, 1.54) is 6.08 Å². The molecule has 0 saturated carbocycles. The predicted octanol–water partition coefficient (Wildman–Crippen LogP) is 2.17. The number of nitrogens with zero attached hydrogens (tertiary/aromatic N) is 1. The molecule has 0 bridgehead atoms. The second kappa shape index (κ2) is 6.30. The van der Waals surface area contributed by atoms with Crippen molar-refractivity contribution in [3.05, 3.63) is 53.6 Å². The Bertz CT molecular complexity index is 544. The van der Waals surface area contributed by atoms with Crippen molar-refractivity contribution in [2.75, 3.05) is 6.54 Å². The maximum atomic E-state index is 13.3. The fourth-order valence-electron chi connectivity index (χ4n) is 1.19. The molecule has 0 aliphatic rings. The fraction of sp³-hybridized carbons (Fsp3) is 0.0769. The molecule has 5 heteroatoms. The Morgan fingerprint density at radius 2 is 2.22 bits per heavy atom. The molecule has 0 spiro atoms. The summed E-state index contributed by atoms with van der Waals surface area (Å²) in [5, 5.41) is 11.2. The Hall–Kier alpha value is -2.48. The highest BCUT2D eigenvalue weighted by atomic mass is 19.1. The molecular formula is C13H10F2N2O. The van der Waals surface area contributed by atoms with Gasteiger partial charge in [-0.2, -0.15) is 5.26 Å². The molecule has 18 heavy (non-hydrogen) atoms. The third-order valence-corrected chi connectivity index (χ3v) is 2.03. The summed E-state index contributed by atoms with van der Waals surface area (Å²) in [6.07, 6.45) is 2.44. The van der Waals surface area contributed by atoms with Gasteiger partial charge in [-0.15, -0.1) is 6.58 Å². The second-order valence-corrected chi connectivity index (χ2v) is 3.33. The van der Waals surface area contributed by atoms with Crippen LogP contribution in [0.1, 0.15) is 5.56 Å². The van der Waals surface area contributed by atoms with Crippen molar-refractivity contribution in [1.82, 2.24) is 5.32 Å². The van der Waals surface area contributed by atoms with E-state index >= 15 is 0 Å². The number of amides is 1. The van der Waals surface area contributed by atoms with Crippen molar-refractivity contribution in [3.63, 3.8) is 0 Å². The Labute approximate surface area is 103 Å². The lowest BCUT2D eigenvalue weighted by Gasteiger charge is -2.01. The molecule has 0 radical (unpaired) electrons. The fourth-order valence-corrected chi connectivity index (χ4v) is 1.19. The lowest BCUT2D eigenvalue weighted by Crippen LogP contribution is -2.24. The van der Waals surface area contributed by atoms with Crippen molar-refractivity contribution in [1.29, 1.82) is 5.26 Å². The summed E-state index contributed by atoms with van der Waals surface area (Å²) in [6.45, 7) is 3.58. The maximum Gasteiger partial charge on any atom is 0.262 e. The van der Waals surface area contributed by atoms with E-state index in [1.807, 2.05) is 0 Å². The van der Waals surface area contributed by atoms with Gasteiger partial charge in [0.05, 0.1) is 0 Å². The number of hydrogen-bond acceptors (Lipinski definition) is 2. The normalized spacial score (nSPS) is 10.6. The Kier molecular flexibility index (Phi) is 4.76. The summed E-state index contributed by atoms with van der Waals surface area (Å²) in [7, 11) is 0. The molecule has 1 aromatic carbocycles. The number of nitriles is 1. The first kappa shape index (κ1) is 13.6. The molecule has 0 aliphatic carbocycles. The van der Waals surface area contributed by atoms with Crippen molar-refractivity contribution >= 4 is 12.0 Å². The van der Waals surface area contributed by atoms with Gasteiger partial charge in [-0.1, -0.05) is 6.08 Å². The topological polar surface area (TPSA) is 52.9 Å². The summed E-state index contributed by atoms with van der Waals surface area (Å²) in [5.74, 6) is -2.02. The minimum atomic E-state index is -0.708. The van der Waals surface area contributed by atoms with Crippen molar-refractivity contribution in [2.45, 2.75) is 0 Å². The van der Waals surface area contributed by atoms with E-state index in [2.05, 4.69) is 11.9 Å². The van der Waals surface area contributed by atoms with Gasteiger partial charge in [-0.25, -0.2) is 8.78 Å². The number of carbonyl (C=O) groups excluding carboxylic acids is 1. The molecule has 0 unspecified atom stereocenters. The van der Waals surface area contributed by atoms with Crippen LogP contribution in [-0.4, -0.2) is 12.5 Å². The molecule has 0 aromatic heterocycles. The largest absolute Gasteiger partial charge is 0.348 e. The average Bonchev–Trinajstić information content (AvgIpc) is 2.36. The van der Waals surface area contributed by atoms with Crippen molar-refractivity contribution in [2.24, 2.45) is 0 Å². The molecule has 92 valence electrons. The highest BCUT2D eigenvalue weighted by Gasteiger charge is 2.09. The first-order chi connectivity index (χ1) is 8.58. The van der Waals surface area contributed by atoms with E-state index < -0.39 is 17.5 Å². The zero-order chi connectivity index (χ0) is 13.5. The minimum absolute atomic E-state index is 0.152. The third kappa shape index (κ3) is 3.52. The van der Waals surface area contributed by atoms with Crippen LogP contribution in [0.25, 0.3) is 6.08 Å². The standard InChI is InChI=1S/C13H10F2N2O/c1-2-5-17-13(18)10(8-16)6-9-7-11(14)3-4-12(9)15/h2-4,6-7H,1,5H2,(H,17,18)/b10-6+. The number of carbonyl (C=O) groups is 1. The van der Waals surface area contributed by atoms with Crippen LogP contribution in [0.3, 0.4) is 0 Å². The summed E-state index contributed by atoms with van der Waals surface area (Å²) < 4.78 is 26.2. The van der Waals surface area contributed by atoms with Crippen molar-refractivity contribution in [3.8, 4) is 6.07 Å². The van der Waals surface area contributed by atoms with E-state index in [4.69, 9.17) is 5.26 Å². The van der Waals surface area contributed by atoms with Crippen LogP contribution >= 0.6 is 0 Å². The van der Waals surface area contributed by atoms with Gasteiger partial charge in [0.2, 0.25) is 0 Å². The number of benzene rings is 1.